The van der Waals surface area contributed by atoms with Crippen LogP contribution in [0.2, 0.25) is 0 Å². The van der Waals surface area contributed by atoms with E-state index in [4.69, 9.17) is 5.11 Å². The van der Waals surface area contributed by atoms with Gasteiger partial charge in [0.15, 0.2) is 6.04 Å². The molecule has 1 atom stereocenters. The van der Waals surface area contributed by atoms with Gasteiger partial charge in [0.05, 0.1) is 6.54 Å². The van der Waals surface area contributed by atoms with Crippen molar-refractivity contribution in [2.24, 2.45) is 5.92 Å². The summed E-state index contributed by atoms with van der Waals surface area (Å²) in [6.45, 7) is 10.3. The third-order valence-corrected chi connectivity index (χ3v) is 3.02. The normalized spacial score (nSPS) is 11.7. The average molecular weight is 276 g/mol. The predicted octanol–water partition coefficient (Wildman–Crippen LogP) is -1.03. The molecule has 0 aromatic heterocycles. The molecule has 0 aliphatic heterocycles. The molecule has 0 rings (SSSR count). The average Bonchev–Trinajstić information content (AvgIpc) is 2.29. The van der Waals surface area contributed by atoms with Gasteiger partial charge in [0.2, 0.25) is 0 Å². The van der Waals surface area contributed by atoms with Gasteiger partial charge < -0.3 is 22.8 Å². The van der Waals surface area contributed by atoms with Crippen LogP contribution in [0, 0.1) is 5.92 Å². The van der Waals surface area contributed by atoms with Gasteiger partial charge in [0.25, 0.3) is 0 Å². The molecule has 1 unspecified atom stereocenters. The maximum absolute atomic E-state index is 10.8. The molecule has 0 saturated carbocycles. The number of aliphatic carboxylic acids is 1. The molecule has 18 heavy (non-hydrogen) atoms. The van der Waals surface area contributed by atoms with Crippen LogP contribution >= 0.6 is 0 Å². The molecule has 0 aliphatic carbocycles. The Bertz CT molecular complexity index is 234. The number of carboxylic acid groups (broad SMARTS) is 1. The van der Waals surface area contributed by atoms with Crippen molar-refractivity contribution in [2.75, 3.05) is 6.54 Å². The lowest BCUT2D eigenvalue weighted by Gasteiger charge is -2.13. The molecule has 0 heterocycles. The maximum Gasteiger partial charge on any atom is 0.362 e. The quantitative estimate of drug-likeness (QED) is 0.374. The first kappa shape index (κ1) is 19.5. The van der Waals surface area contributed by atoms with Gasteiger partial charge in [-0.3, -0.25) is 0 Å². The zero-order chi connectivity index (χ0) is 13.1. The lowest BCUT2D eigenvalue weighted by atomic mass is 9.96. The van der Waals surface area contributed by atoms with E-state index < -0.39 is 5.97 Å². The molecule has 0 aromatic rings. The first-order valence-corrected chi connectivity index (χ1v) is 6.43. The molecule has 3 N–H and O–H groups in total. The van der Waals surface area contributed by atoms with Crippen LogP contribution < -0.4 is 17.7 Å². The number of quaternary nitrogens is 1. The van der Waals surface area contributed by atoms with Crippen LogP contribution in [0.1, 0.15) is 39.0 Å². The molecule has 0 radical (unpaired) electrons. The molecule has 0 saturated heterocycles. The largest absolute Gasteiger partial charge is 1.00 e. The van der Waals surface area contributed by atoms with Gasteiger partial charge in [-0.2, -0.15) is 0 Å². The van der Waals surface area contributed by atoms with Crippen LogP contribution in [0.15, 0.2) is 25.3 Å². The van der Waals surface area contributed by atoms with Crippen molar-refractivity contribution >= 4 is 5.97 Å². The Kier molecular flexibility index (Phi) is 13.7. The molecule has 106 valence electrons. The topological polar surface area (TPSA) is 53.9 Å². The minimum absolute atomic E-state index is 0. The smallest absolute Gasteiger partial charge is 0.362 e. The third kappa shape index (κ3) is 9.25. The molecule has 0 amide bonds. The Labute approximate surface area is 117 Å². The van der Waals surface area contributed by atoms with Crippen LogP contribution in [-0.4, -0.2) is 23.7 Å². The molecule has 0 bridgehead atoms. The van der Waals surface area contributed by atoms with Gasteiger partial charge >= 0.3 is 5.97 Å². The number of carboxylic acids is 1. The van der Waals surface area contributed by atoms with Crippen LogP contribution in [-0.2, 0) is 4.79 Å². The van der Waals surface area contributed by atoms with Gasteiger partial charge in [-0.05, 0) is 31.6 Å². The molecule has 0 aliphatic rings. The summed E-state index contributed by atoms with van der Waals surface area (Å²) in [6.07, 6.45) is 8.77. The zero-order valence-electron chi connectivity index (χ0n) is 11.3. The third-order valence-electron chi connectivity index (χ3n) is 3.02. The van der Waals surface area contributed by atoms with E-state index in [2.05, 4.69) is 13.2 Å². The van der Waals surface area contributed by atoms with E-state index in [1.807, 2.05) is 24.4 Å². The van der Waals surface area contributed by atoms with Gasteiger partial charge in [-0.15, -0.1) is 13.2 Å². The summed E-state index contributed by atoms with van der Waals surface area (Å²) in [5.41, 5.74) is 0. The Morgan fingerprint density at radius 3 is 2.28 bits per heavy atom. The molecule has 0 spiro atoms. The van der Waals surface area contributed by atoms with E-state index in [1.54, 1.807) is 0 Å². The highest BCUT2D eigenvalue weighted by atomic mass is 35.5. The maximum atomic E-state index is 10.8. The minimum Gasteiger partial charge on any atom is -1.00 e. The molecular formula is C14H26ClNO2. The van der Waals surface area contributed by atoms with Crippen molar-refractivity contribution < 1.29 is 27.6 Å². The molecule has 0 aromatic carbocycles. The fourth-order valence-electron chi connectivity index (χ4n) is 1.97. The highest BCUT2D eigenvalue weighted by Crippen LogP contribution is 2.15. The number of hydrogen-bond donors (Lipinski definition) is 2. The Hall–Kier alpha value is -0.800. The zero-order valence-corrected chi connectivity index (χ0v) is 12.0. The van der Waals surface area contributed by atoms with Crippen molar-refractivity contribution in [1.82, 2.24) is 0 Å². The van der Waals surface area contributed by atoms with Crippen molar-refractivity contribution in [2.45, 2.75) is 45.1 Å². The second-order valence-corrected chi connectivity index (χ2v) is 4.43. The molecular weight excluding hydrogens is 250 g/mol. The number of nitrogens with two attached hydrogens (primary N) is 1. The summed E-state index contributed by atoms with van der Waals surface area (Å²) in [6, 6.07) is -0.285. The first-order valence-electron chi connectivity index (χ1n) is 6.43. The van der Waals surface area contributed by atoms with E-state index in [0.717, 1.165) is 32.2 Å². The lowest BCUT2D eigenvalue weighted by molar-refractivity contribution is -0.678. The van der Waals surface area contributed by atoms with Crippen molar-refractivity contribution in [3.63, 3.8) is 0 Å². The fraction of sp³-hybridized carbons (Fsp3) is 0.643. The lowest BCUT2D eigenvalue weighted by Crippen LogP contribution is -3.00. The predicted molar refractivity (Wildman–Crippen MR) is 70.9 cm³/mol. The standard InChI is InChI=1S/C14H25NO2.ClH/c1-4-8-12(9-5-2)10-7-11-15-13(6-3)14(16)17;/h4-5,12-13,15H,1-2,6-11H2,3H3,(H,16,17);1H. The highest BCUT2D eigenvalue weighted by Gasteiger charge is 2.17. The molecule has 4 heteroatoms. The van der Waals surface area contributed by atoms with E-state index in [1.165, 1.54) is 0 Å². The Balaban J connectivity index is 0. The number of allylic oxidation sites excluding steroid dienone is 2. The summed E-state index contributed by atoms with van der Waals surface area (Å²) in [7, 11) is 0. The summed E-state index contributed by atoms with van der Waals surface area (Å²) in [4.78, 5) is 10.8. The van der Waals surface area contributed by atoms with Gasteiger partial charge in [0, 0.05) is 6.42 Å². The summed E-state index contributed by atoms with van der Waals surface area (Å²) >= 11 is 0. The number of carbonyl (C=O) groups is 1. The number of halogens is 1. The summed E-state index contributed by atoms with van der Waals surface area (Å²) in [5.74, 6) is -0.0930. The Morgan fingerprint density at radius 2 is 1.89 bits per heavy atom. The second-order valence-electron chi connectivity index (χ2n) is 4.43. The monoisotopic (exact) mass is 275 g/mol. The van der Waals surface area contributed by atoms with Crippen LogP contribution in [0.5, 0.6) is 0 Å². The second kappa shape index (κ2) is 12.7. The molecule has 0 fully saturated rings. The van der Waals surface area contributed by atoms with Crippen molar-refractivity contribution in [1.29, 1.82) is 0 Å². The number of hydrogen-bond acceptors (Lipinski definition) is 1. The van der Waals surface area contributed by atoms with Crippen LogP contribution in [0.25, 0.3) is 0 Å². The minimum atomic E-state index is -0.707. The van der Waals surface area contributed by atoms with Gasteiger partial charge in [-0.25, -0.2) is 4.79 Å². The highest BCUT2D eigenvalue weighted by molar-refractivity contribution is 5.71. The van der Waals surface area contributed by atoms with Crippen molar-refractivity contribution in [3.8, 4) is 0 Å². The van der Waals surface area contributed by atoms with E-state index in [9.17, 15) is 4.79 Å². The van der Waals surface area contributed by atoms with Crippen LogP contribution in [0.3, 0.4) is 0 Å². The van der Waals surface area contributed by atoms with Gasteiger partial charge in [0.1, 0.15) is 0 Å². The van der Waals surface area contributed by atoms with E-state index >= 15 is 0 Å². The Morgan fingerprint density at radius 1 is 1.33 bits per heavy atom. The van der Waals surface area contributed by atoms with E-state index in [0.29, 0.717) is 12.3 Å². The van der Waals surface area contributed by atoms with Crippen molar-refractivity contribution in [3.05, 3.63) is 25.3 Å². The fourth-order valence-corrected chi connectivity index (χ4v) is 1.97. The molecule has 3 nitrogen and oxygen atoms in total. The SMILES string of the molecule is C=CCC(CC=C)CCC[NH2+]C(CC)C(=O)O.[Cl-]. The summed E-state index contributed by atoms with van der Waals surface area (Å²) in [5, 5.41) is 10.8. The first-order chi connectivity index (χ1) is 8.15. The number of rotatable bonds is 11. The van der Waals surface area contributed by atoms with E-state index in [-0.39, 0.29) is 18.4 Å². The van der Waals surface area contributed by atoms with Gasteiger partial charge in [-0.1, -0.05) is 19.1 Å². The summed E-state index contributed by atoms with van der Waals surface area (Å²) < 4.78 is 0. The van der Waals surface area contributed by atoms with Crippen LogP contribution in [0.4, 0.5) is 0 Å².